The van der Waals surface area contributed by atoms with Gasteiger partial charge in [-0.15, -0.1) is 0 Å². The van der Waals surface area contributed by atoms with Gasteiger partial charge in [0.25, 0.3) is 0 Å². The average Bonchev–Trinajstić information content (AvgIpc) is 2.93. The van der Waals surface area contributed by atoms with Crippen molar-refractivity contribution in [1.29, 1.82) is 0 Å². The molecule has 2 fully saturated rings. The van der Waals surface area contributed by atoms with Crippen LogP contribution in [-0.2, 0) is 10.3 Å². The van der Waals surface area contributed by atoms with Crippen molar-refractivity contribution in [2.75, 3.05) is 40.9 Å². The zero-order valence-electron chi connectivity index (χ0n) is 15.9. The lowest BCUT2D eigenvalue weighted by Gasteiger charge is -2.51. The summed E-state index contributed by atoms with van der Waals surface area (Å²) in [6.07, 6.45) is 4.83. The first-order chi connectivity index (χ1) is 12.0. The van der Waals surface area contributed by atoms with Crippen LogP contribution in [0.2, 0.25) is 0 Å². The highest BCUT2D eigenvalue weighted by molar-refractivity contribution is 5.26. The zero-order valence-corrected chi connectivity index (χ0v) is 15.9. The van der Waals surface area contributed by atoms with Crippen molar-refractivity contribution in [1.82, 2.24) is 15.1 Å². The van der Waals surface area contributed by atoms with E-state index in [1.54, 1.807) is 7.11 Å². The molecule has 1 saturated heterocycles. The number of aliphatic hydroxyl groups excluding tert-OH is 1. The monoisotopic (exact) mass is 347 g/mol. The Bertz CT molecular complexity index is 541. The molecule has 3 rings (SSSR count). The molecule has 1 aliphatic heterocycles. The highest BCUT2D eigenvalue weighted by atomic mass is 16.5. The lowest BCUT2D eigenvalue weighted by Crippen LogP contribution is -2.56. The number of hydrogen-bond acceptors (Lipinski definition) is 5. The van der Waals surface area contributed by atoms with E-state index in [0.717, 1.165) is 51.8 Å². The maximum absolute atomic E-state index is 10.4. The minimum atomic E-state index is -0.527. The van der Waals surface area contributed by atoms with E-state index in [0.29, 0.717) is 0 Å². The Hall–Kier alpha value is -0.980. The largest absolute Gasteiger partial charge is 0.385 e. The number of methoxy groups -OCH3 is 1. The quantitative estimate of drug-likeness (QED) is 0.771. The Kier molecular flexibility index (Phi) is 5.81. The van der Waals surface area contributed by atoms with E-state index in [4.69, 9.17) is 4.74 Å². The fraction of sp³-hybridized carbons (Fsp3) is 0.700. The van der Waals surface area contributed by atoms with E-state index in [1.165, 1.54) is 5.56 Å². The van der Waals surface area contributed by atoms with E-state index in [9.17, 15) is 5.11 Å². The van der Waals surface area contributed by atoms with Gasteiger partial charge in [-0.3, -0.25) is 15.1 Å². The van der Waals surface area contributed by atoms with Gasteiger partial charge in [-0.2, -0.15) is 0 Å². The summed E-state index contributed by atoms with van der Waals surface area (Å²) in [7, 11) is 6.13. The Balaban J connectivity index is 1.76. The Morgan fingerprint density at radius 2 is 1.88 bits per heavy atom. The lowest BCUT2D eigenvalue weighted by molar-refractivity contribution is -0.0609. The molecule has 5 heteroatoms. The van der Waals surface area contributed by atoms with E-state index < -0.39 is 6.35 Å². The molecule has 1 saturated carbocycles. The Morgan fingerprint density at radius 3 is 2.48 bits per heavy atom. The van der Waals surface area contributed by atoms with E-state index in [1.807, 2.05) is 0 Å². The first kappa shape index (κ1) is 18.8. The van der Waals surface area contributed by atoms with Crippen LogP contribution in [0.1, 0.15) is 37.7 Å². The number of rotatable bonds is 6. The van der Waals surface area contributed by atoms with Crippen molar-refractivity contribution in [3.8, 4) is 0 Å². The van der Waals surface area contributed by atoms with Gasteiger partial charge >= 0.3 is 0 Å². The van der Waals surface area contributed by atoms with E-state index >= 15 is 0 Å². The maximum atomic E-state index is 10.4. The number of hydrogen-bond donors (Lipinski definition) is 2. The van der Waals surface area contributed by atoms with E-state index in [-0.39, 0.29) is 11.1 Å². The zero-order chi connectivity index (χ0) is 17.9. The fourth-order valence-electron chi connectivity index (χ4n) is 4.83. The predicted molar refractivity (Wildman–Crippen MR) is 100 cm³/mol. The number of aliphatic hydroxyl groups is 1. The summed E-state index contributed by atoms with van der Waals surface area (Å²) in [5.41, 5.74) is 1.58. The highest BCUT2D eigenvalue weighted by Gasteiger charge is 2.51. The third kappa shape index (κ3) is 3.49. The molecule has 0 radical (unpaired) electrons. The summed E-state index contributed by atoms with van der Waals surface area (Å²) in [5, 5.41) is 13.7. The molecule has 1 aromatic carbocycles. The second-order valence-electron chi connectivity index (χ2n) is 7.81. The summed E-state index contributed by atoms with van der Waals surface area (Å²) >= 11 is 0. The van der Waals surface area contributed by atoms with Crippen molar-refractivity contribution >= 4 is 0 Å². The molecule has 1 aromatic rings. The molecule has 2 N–H and O–H groups in total. The van der Waals surface area contributed by atoms with Crippen LogP contribution < -0.4 is 5.32 Å². The average molecular weight is 348 g/mol. The van der Waals surface area contributed by atoms with Gasteiger partial charge in [0.2, 0.25) is 0 Å². The van der Waals surface area contributed by atoms with Crippen molar-refractivity contribution in [3.05, 3.63) is 35.9 Å². The van der Waals surface area contributed by atoms with Crippen LogP contribution in [0.15, 0.2) is 30.3 Å². The van der Waals surface area contributed by atoms with Gasteiger partial charge < -0.3 is 9.84 Å². The van der Waals surface area contributed by atoms with Gasteiger partial charge in [0, 0.05) is 37.9 Å². The van der Waals surface area contributed by atoms with Crippen LogP contribution in [-0.4, -0.2) is 67.7 Å². The van der Waals surface area contributed by atoms with Crippen LogP contribution in [0.4, 0.5) is 0 Å². The number of nitrogens with zero attached hydrogens (tertiary/aromatic N) is 2. The fourth-order valence-corrected chi connectivity index (χ4v) is 4.83. The smallest absolute Gasteiger partial charge is 0.163 e. The predicted octanol–water partition coefficient (Wildman–Crippen LogP) is 1.97. The van der Waals surface area contributed by atoms with Crippen LogP contribution >= 0.6 is 0 Å². The van der Waals surface area contributed by atoms with Crippen LogP contribution in [0.25, 0.3) is 0 Å². The first-order valence-corrected chi connectivity index (χ1v) is 9.44. The van der Waals surface area contributed by atoms with Gasteiger partial charge in [-0.05, 0) is 51.8 Å². The normalized spacial score (nSPS) is 33.4. The minimum Gasteiger partial charge on any atom is -0.385 e. The SMILES string of the molecule is COCCCN1C(O)NC[C@]12CC[C@](c1ccccc1)(N(C)C)CC2. The molecule has 1 heterocycles. The number of nitrogens with one attached hydrogen (secondary N) is 1. The Labute approximate surface area is 152 Å². The van der Waals surface area contributed by atoms with Crippen molar-refractivity contribution < 1.29 is 9.84 Å². The molecule has 0 aromatic heterocycles. The molecule has 1 unspecified atom stereocenters. The number of ether oxygens (including phenoxy) is 1. The molecule has 5 nitrogen and oxygen atoms in total. The standard InChI is InChI=1S/C20H33N3O2/c1-22(2)20(17-8-5-4-6-9-17)12-10-19(11-13-20)16-21-18(24)23(19)14-7-15-25-3/h4-6,8-9,18,21,24H,7,10-16H2,1-3H3/t18?,19-,20+. The van der Waals surface area contributed by atoms with Gasteiger partial charge in [0.1, 0.15) is 0 Å². The molecule has 2 aliphatic rings. The summed E-state index contributed by atoms with van der Waals surface area (Å²) in [6, 6.07) is 10.9. The molecular formula is C20H33N3O2. The molecular weight excluding hydrogens is 314 g/mol. The molecule has 1 atom stereocenters. The lowest BCUT2D eigenvalue weighted by atomic mass is 9.68. The highest BCUT2D eigenvalue weighted by Crippen LogP contribution is 2.47. The van der Waals surface area contributed by atoms with Gasteiger partial charge in [0.15, 0.2) is 6.35 Å². The van der Waals surface area contributed by atoms with Crippen molar-refractivity contribution in [3.63, 3.8) is 0 Å². The molecule has 140 valence electrons. The molecule has 1 spiro atoms. The van der Waals surface area contributed by atoms with Crippen LogP contribution in [0, 0.1) is 0 Å². The van der Waals surface area contributed by atoms with Gasteiger partial charge in [0.05, 0.1) is 0 Å². The van der Waals surface area contributed by atoms with Gasteiger partial charge in [-0.25, -0.2) is 0 Å². The first-order valence-electron chi connectivity index (χ1n) is 9.44. The van der Waals surface area contributed by atoms with Crippen molar-refractivity contribution in [2.45, 2.75) is 49.5 Å². The summed E-state index contributed by atoms with van der Waals surface area (Å²) in [6.45, 7) is 2.49. The second-order valence-corrected chi connectivity index (χ2v) is 7.81. The Morgan fingerprint density at radius 1 is 1.20 bits per heavy atom. The molecule has 0 amide bonds. The summed E-state index contributed by atoms with van der Waals surface area (Å²) < 4.78 is 5.20. The van der Waals surface area contributed by atoms with E-state index in [2.05, 4.69) is 59.5 Å². The summed E-state index contributed by atoms with van der Waals surface area (Å²) in [4.78, 5) is 4.67. The topological polar surface area (TPSA) is 48.0 Å². The summed E-state index contributed by atoms with van der Waals surface area (Å²) in [5.74, 6) is 0. The third-order valence-electron chi connectivity index (χ3n) is 6.44. The molecule has 1 aliphatic carbocycles. The second kappa shape index (κ2) is 7.72. The molecule has 0 bridgehead atoms. The maximum Gasteiger partial charge on any atom is 0.163 e. The molecule has 25 heavy (non-hydrogen) atoms. The minimum absolute atomic E-state index is 0.0709. The van der Waals surface area contributed by atoms with Crippen LogP contribution in [0.3, 0.4) is 0 Å². The van der Waals surface area contributed by atoms with Crippen molar-refractivity contribution in [2.24, 2.45) is 0 Å². The third-order valence-corrected chi connectivity index (χ3v) is 6.44. The number of benzene rings is 1. The van der Waals surface area contributed by atoms with Gasteiger partial charge in [-0.1, -0.05) is 30.3 Å². The van der Waals surface area contributed by atoms with Crippen LogP contribution in [0.5, 0.6) is 0 Å².